The molecule has 3 amide bonds. The number of aromatic nitrogens is 2. The monoisotopic (exact) mass is 654 g/mol. The molecule has 0 fully saturated rings. The van der Waals surface area contributed by atoms with Crippen LogP contribution in [0.1, 0.15) is 22.3 Å². The number of amides is 3. The lowest BCUT2D eigenvalue weighted by Crippen LogP contribution is -2.43. The topological polar surface area (TPSA) is 118 Å². The van der Waals surface area contributed by atoms with Crippen LogP contribution in [0.4, 0.5) is 14.9 Å². The Labute approximate surface area is 277 Å². The van der Waals surface area contributed by atoms with Gasteiger partial charge in [-0.15, -0.1) is 0 Å². The van der Waals surface area contributed by atoms with E-state index in [0.717, 1.165) is 32.4 Å². The highest BCUT2D eigenvalue weighted by Crippen LogP contribution is 2.37. The highest BCUT2D eigenvalue weighted by molar-refractivity contribution is 6.06. The number of anilines is 1. The van der Waals surface area contributed by atoms with Crippen molar-refractivity contribution in [3.8, 4) is 28.0 Å². The Hall–Kier alpha value is -5.49. The van der Waals surface area contributed by atoms with E-state index in [1.54, 1.807) is 33.4 Å². The highest BCUT2D eigenvalue weighted by atomic mass is 19.1. The minimum atomic E-state index is -0.467. The van der Waals surface area contributed by atoms with Crippen LogP contribution in [0.15, 0.2) is 76.1 Å². The van der Waals surface area contributed by atoms with Gasteiger partial charge in [-0.05, 0) is 65.4 Å². The number of halogens is 1. The van der Waals surface area contributed by atoms with Crippen LogP contribution in [0.5, 0.6) is 5.75 Å². The lowest BCUT2D eigenvalue weighted by Gasteiger charge is -2.29. The molecule has 4 aromatic rings. The zero-order valence-electron chi connectivity index (χ0n) is 28.1. The standard InChI is InChI=1S/C36H39FN6O5/c1-21-26(23-14-30(37)29(32(15-23)48-7)17-38-16-24-18-42(5)36(47)43(6)34(24)45)10-8-11-27(21)28-12-9-13-31(22(28)2)39-33(44)25-19-40(3)35(46)41(4)20-25/h8-15,18-19,38H,16-17,20H2,1-7H3,(H,39,44). The van der Waals surface area contributed by atoms with Crippen LogP contribution < -0.4 is 26.6 Å². The Morgan fingerprint density at radius 1 is 0.917 bits per heavy atom. The Bertz CT molecular complexity index is 2080. The van der Waals surface area contributed by atoms with Crippen LogP contribution in [-0.4, -0.2) is 58.6 Å². The molecule has 5 rings (SSSR count). The Morgan fingerprint density at radius 2 is 1.58 bits per heavy atom. The van der Waals surface area contributed by atoms with Crippen molar-refractivity contribution in [2.75, 3.05) is 33.1 Å². The summed E-state index contributed by atoms with van der Waals surface area (Å²) in [4.78, 5) is 52.6. The van der Waals surface area contributed by atoms with Crippen LogP contribution in [0, 0.1) is 19.7 Å². The molecule has 0 bridgehead atoms. The van der Waals surface area contributed by atoms with Crippen molar-refractivity contribution in [3.05, 3.63) is 115 Å². The van der Waals surface area contributed by atoms with Crippen molar-refractivity contribution in [1.82, 2.24) is 24.3 Å². The third-order valence-electron chi connectivity index (χ3n) is 8.70. The molecule has 0 aliphatic carbocycles. The van der Waals surface area contributed by atoms with E-state index in [4.69, 9.17) is 4.74 Å². The molecule has 11 nitrogen and oxygen atoms in total. The number of urea groups is 1. The summed E-state index contributed by atoms with van der Waals surface area (Å²) in [5.41, 5.74) is 6.02. The van der Waals surface area contributed by atoms with Crippen LogP contribution in [0.3, 0.4) is 0 Å². The molecule has 0 spiro atoms. The van der Waals surface area contributed by atoms with Crippen LogP contribution in [0.25, 0.3) is 22.3 Å². The van der Waals surface area contributed by atoms with E-state index in [0.29, 0.717) is 33.7 Å². The molecule has 1 aliphatic heterocycles. The summed E-state index contributed by atoms with van der Waals surface area (Å²) in [6, 6.07) is 14.6. The molecule has 2 N–H and O–H groups in total. The smallest absolute Gasteiger partial charge is 0.330 e. The molecule has 1 aliphatic rings. The largest absolute Gasteiger partial charge is 0.496 e. The predicted octanol–water partition coefficient (Wildman–Crippen LogP) is 4.29. The third kappa shape index (κ3) is 6.52. The van der Waals surface area contributed by atoms with E-state index in [1.807, 2.05) is 50.2 Å². The van der Waals surface area contributed by atoms with Gasteiger partial charge in [-0.25, -0.2) is 14.0 Å². The Kier molecular flexibility index (Phi) is 9.67. The Morgan fingerprint density at radius 3 is 2.27 bits per heavy atom. The summed E-state index contributed by atoms with van der Waals surface area (Å²) >= 11 is 0. The van der Waals surface area contributed by atoms with Crippen molar-refractivity contribution in [3.63, 3.8) is 0 Å². The number of likely N-dealkylation sites (N-methyl/N-ethyl adjacent to an activating group) is 1. The molecule has 0 atom stereocenters. The van der Waals surface area contributed by atoms with E-state index >= 15 is 4.39 Å². The molecular weight excluding hydrogens is 615 g/mol. The first-order chi connectivity index (χ1) is 22.8. The number of ether oxygens (including phenoxy) is 1. The van der Waals surface area contributed by atoms with E-state index in [9.17, 15) is 19.2 Å². The molecule has 0 unspecified atom stereocenters. The zero-order valence-corrected chi connectivity index (χ0v) is 28.1. The molecule has 0 saturated carbocycles. The van der Waals surface area contributed by atoms with Gasteiger partial charge in [-0.3, -0.25) is 14.2 Å². The van der Waals surface area contributed by atoms with E-state index in [1.165, 1.54) is 40.8 Å². The van der Waals surface area contributed by atoms with Crippen LogP contribution in [-0.2, 0) is 32.0 Å². The third-order valence-corrected chi connectivity index (χ3v) is 8.70. The average molecular weight is 655 g/mol. The minimum Gasteiger partial charge on any atom is -0.496 e. The second-order valence-electron chi connectivity index (χ2n) is 12.0. The van der Waals surface area contributed by atoms with Crippen LogP contribution in [0.2, 0.25) is 0 Å². The number of aryl methyl sites for hydroxylation is 1. The van der Waals surface area contributed by atoms with Crippen molar-refractivity contribution in [1.29, 1.82) is 0 Å². The first-order valence-electron chi connectivity index (χ1n) is 15.3. The first-order valence-corrected chi connectivity index (χ1v) is 15.3. The van der Waals surface area contributed by atoms with Gasteiger partial charge in [0.15, 0.2) is 0 Å². The molecule has 0 radical (unpaired) electrons. The van der Waals surface area contributed by atoms with E-state index in [-0.39, 0.29) is 31.6 Å². The number of hydrogen-bond donors (Lipinski definition) is 2. The van der Waals surface area contributed by atoms with Gasteiger partial charge < -0.3 is 29.7 Å². The molecule has 12 heteroatoms. The fourth-order valence-corrected chi connectivity index (χ4v) is 6.01. The van der Waals surface area contributed by atoms with Crippen molar-refractivity contribution >= 4 is 17.6 Å². The van der Waals surface area contributed by atoms with Crippen molar-refractivity contribution < 1.29 is 18.7 Å². The van der Waals surface area contributed by atoms with E-state index < -0.39 is 17.1 Å². The SMILES string of the molecule is COc1cc(-c2cccc(-c3cccc(NC(=O)C4=CN(C)C(=O)N(C)C4)c3C)c2C)cc(F)c1CNCc1cn(C)c(=O)n(C)c1=O. The maximum absolute atomic E-state index is 15.7. The lowest BCUT2D eigenvalue weighted by atomic mass is 9.90. The fourth-order valence-electron chi connectivity index (χ4n) is 6.01. The van der Waals surface area contributed by atoms with Gasteiger partial charge in [-0.1, -0.05) is 30.3 Å². The molecular formula is C36H39FN6O5. The second kappa shape index (κ2) is 13.7. The lowest BCUT2D eigenvalue weighted by molar-refractivity contribution is -0.113. The number of methoxy groups -OCH3 is 1. The van der Waals surface area contributed by atoms with Crippen molar-refractivity contribution in [2.45, 2.75) is 26.9 Å². The summed E-state index contributed by atoms with van der Waals surface area (Å²) in [5.74, 6) is -0.404. The maximum atomic E-state index is 15.7. The van der Waals surface area contributed by atoms with Gasteiger partial charge >= 0.3 is 11.7 Å². The van der Waals surface area contributed by atoms with Gasteiger partial charge in [-0.2, -0.15) is 0 Å². The average Bonchev–Trinajstić information content (AvgIpc) is 3.06. The number of benzene rings is 3. The summed E-state index contributed by atoms with van der Waals surface area (Å²) in [5, 5.41) is 6.10. The zero-order chi connectivity index (χ0) is 34.9. The number of nitrogens with zero attached hydrogens (tertiary/aromatic N) is 4. The normalized spacial score (nSPS) is 13.1. The van der Waals surface area contributed by atoms with Gasteiger partial charge in [0.1, 0.15) is 11.6 Å². The van der Waals surface area contributed by atoms with E-state index in [2.05, 4.69) is 10.6 Å². The molecule has 250 valence electrons. The van der Waals surface area contributed by atoms with Gasteiger partial charge in [0, 0.05) is 70.5 Å². The first kappa shape index (κ1) is 33.9. The summed E-state index contributed by atoms with van der Waals surface area (Å²) in [6.45, 7) is 4.34. The fraction of sp³-hybridized carbons (Fsp3) is 0.278. The number of nitrogens with one attached hydrogen (secondary N) is 2. The Balaban J connectivity index is 1.40. The maximum Gasteiger partial charge on any atom is 0.330 e. The second-order valence-corrected chi connectivity index (χ2v) is 12.0. The molecule has 1 aromatic heterocycles. The number of rotatable bonds is 9. The number of hydrogen-bond acceptors (Lipinski definition) is 6. The predicted molar refractivity (Wildman–Crippen MR) is 183 cm³/mol. The van der Waals surface area contributed by atoms with Crippen LogP contribution >= 0.6 is 0 Å². The van der Waals surface area contributed by atoms with Gasteiger partial charge in [0.05, 0.1) is 19.2 Å². The summed E-state index contributed by atoms with van der Waals surface area (Å²) < 4.78 is 23.7. The highest BCUT2D eigenvalue weighted by Gasteiger charge is 2.25. The quantitative estimate of drug-likeness (QED) is 0.278. The summed E-state index contributed by atoms with van der Waals surface area (Å²) in [7, 11) is 7.73. The van der Waals surface area contributed by atoms with Gasteiger partial charge in [0.2, 0.25) is 0 Å². The number of carbonyl (C=O) groups is 2. The van der Waals surface area contributed by atoms with Crippen molar-refractivity contribution in [2.24, 2.45) is 14.1 Å². The number of carbonyl (C=O) groups excluding carboxylic acids is 2. The molecule has 3 aromatic carbocycles. The minimum absolute atomic E-state index is 0.0950. The molecule has 48 heavy (non-hydrogen) atoms. The van der Waals surface area contributed by atoms with Gasteiger partial charge in [0.25, 0.3) is 11.5 Å². The molecule has 0 saturated heterocycles. The summed E-state index contributed by atoms with van der Waals surface area (Å²) in [6.07, 6.45) is 3.03. The molecule has 2 heterocycles.